The predicted octanol–water partition coefficient (Wildman–Crippen LogP) is 5.85. The first-order valence-corrected chi connectivity index (χ1v) is 12.8. The molecule has 0 radical (unpaired) electrons. The van der Waals surface area contributed by atoms with Gasteiger partial charge in [0.2, 0.25) is 0 Å². The first-order chi connectivity index (χ1) is 13.5. The van der Waals surface area contributed by atoms with Crippen LogP contribution in [0.4, 0.5) is 0 Å². The highest BCUT2D eigenvalue weighted by atomic mass is 31.2. The molecule has 0 heterocycles. The molecule has 0 aromatic heterocycles. The van der Waals surface area contributed by atoms with Crippen molar-refractivity contribution in [3.63, 3.8) is 0 Å². The third kappa shape index (κ3) is 5.23. The van der Waals surface area contributed by atoms with Crippen LogP contribution in [0.1, 0.15) is 59.6 Å². The van der Waals surface area contributed by atoms with E-state index in [0.29, 0.717) is 0 Å². The molecule has 28 heavy (non-hydrogen) atoms. The van der Waals surface area contributed by atoms with Crippen LogP contribution in [-0.4, -0.2) is 64.5 Å². The monoisotopic (exact) mass is 407 g/mol. The third-order valence-corrected chi connectivity index (χ3v) is 10.8. The van der Waals surface area contributed by atoms with Crippen molar-refractivity contribution in [2.24, 2.45) is 0 Å². The third-order valence-electron chi connectivity index (χ3n) is 5.62. The first-order valence-electron chi connectivity index (χ1n) is 11.2. The number of hydrogen-bond donors (Lipinski definition) is 0. The quantitative estimate of drug-likeness (QED) is 0.358. The van der Waals surface area contributed by atoms with Gasteiger partial charge in [-0.05, 0) is 59.6 Å². The normalized spacial score (nSPS) is 12.5. The van der Waals surface area contributed by atoms with Crippen molar-refractivity contribution in [2.75, 3.05) is 45.8 Å². The first kappa shape index (κ1) is 25.3. The summed E-state index contributed by atoms with van der Waals surface area (Å²) in [6.07, 6.45) is 1.95. The van der Waals surface area contributed by atoms with E-state index in [2.05, 4.69) is 98.0 Å². The van der Waals surface area contributed by atoms with Gasteiger partial charge in [0.25, 0.3) is 0 Å². The van der Waals surface area contributed by atoms with Crippen molar-refractivity contribution in [3.05, 3.63) is 42.0 Å². The molecule has 0 saturated heterocycles. The molecule has 0 atom stereocenters. The Morgan fingerprint density at radius 3 is 1.50 bits per heavy atom. The fraction of sp³-hybridized carbons (Fsp3) is 0.652. The Labute approximate surface area is 175 Å². The highest BCUT2D eigenvalue weighted by Crippen LogP contribution is 2.70. The van der Waals surface area contributed by atoms with Crippen LogP contribution in [0.2, 0.25) is 0 Å². The van der Waals surface area contributed by atoms with E-state index < -0.39 is 7.87 Å². The zero-order valence-corrected chi connectivity index (χ0v) is 20.4. The maximum Gasteiger partial charge on any atom is 0.308 e. The molecule has 4 nitrogen and oxygen atoms in total. The highest BCUT2D eigenvalue weighted by molar-refractivity contribution is 7.66. The van der Waals surface area contributed by atoms with Crippen LogP contribution in [0.25, 0.3) is 6.08 Å². The molecule has 0 amide bonds. The summed E-state index contributed by atoms with van der Waals surface area (Å²) in [6.45, 7) is 28.6. The molecule has 0 saturated carbocycles. The van der Waals surface area contributed by atoms with Crippen LogP contribution in [0.5, 0.6) is 0 Å². The smallest absolute Gasteiger partial charge is 0.134 e. The highest BCUT2D eigenvalue weighted by Gasteiger charge is 2.58. The summed E-state index contributed by atoms with van der Waals surface area (Å²) in [5, 5.41) is 0. The molecule has 0 aliphatic rings. The predicted molar refractivity (Wildman–Crippen MR) is 128 cm³/mol. The minimum atomic E-state index is -1.82. The fourth-order valence-corrected chi connectivity index (χ4v) is 9.46. The van der Waals surface area contributed by atoms with Gasteiger partial charge < -0.3 is 0 Å². The molecule has 0 bridgehead atoms. The van der Waals surface area contributed by atoms with Crippen molar-refractivity contribution < 1.29 is 0 Å². The number of nitrogens with zero attached hydrogens (tertiary/aromatic N) is 4. The average molecular weight is 408 g/mol. The van der Waals surface area contributed by atoms with Crippen molar-refractivity contribution >= 4 is 13.9 Å². The average Bonchev–Trinajstić information content (AvgIpc) is 2.74. The molecule has 1 aromatic carbocycles. The standard InChI is InChI=1S/C23H44N4P/c1-9-22-18-17-19-23(20-22)21-27(16-8)28(24(10-2)11-3,25(12-4)13-5)26(14-6)15-7/h9,17-20H,1,10-16,21H2,2-8H3/q+1. The molecule has 0 aliphatic carbocycles. The minimum Gasteiger partial charge on any atom is -0.134 e. The lowest BCUT2D eigenvalue weighted by molar-refractivity contribution is 0.255. The molecule has 5 heteroatoms. The Balaban J connectivity index is 3.59. The van der Waals surface area contributed by atoms with Gasteiger partial charge in [-0.25, -0.2) is 0 Å². The van der Waals surface area contributed by atoms with Crippen molar-refractivity contribution in [3.8, 4) is 0 Å². The largest absolute Gasteiger partial charge is 0.308 e. The summed E-state index contributed by atoms with van der Waals surface area (Å²) in [5.41, 5.74) is 2.57. The van der Waals surface area contributed by atoms with Gasteiger partial charge in [-0.3, -0.25) is 0 Å². The molecule has 0 spiro atoms. The maximum absolute atomic E-state index is 3.95. The molecular formula is C23H44N4P+. The molecular weight excluding hydrogens is 363 g/mol. The van der Waals surface area contributed by atoms with Crippen LogP contribution >= 0.6 is 7.87 Å². The number of rotatable bonds is 14. The molecule has 1 aromatic rings. The van der Waals surface area contributed by atoms with E-state index in [-0.39, 0.29) is 0 Å². The van der Waals surface area contributed by atoms with Crippen molar-refractivity contribution in [2.45, 2.75) is 55.0 Å². The van der Waals surface area contributed by atoms with Gasteiger partial charge in [0, 0.05) is 45.8 Å². The Kier molecular flexibility index (Phi) is 11.5. The second kappa shape index (κ2) is 12.7. The van der Waals surface area contributed by atoms with Gasteiger partial charge in [0.05, 0.1) is 6.54 Å². The maximum atomic E-state index is 3.95. The molecule has 1 rings (SSSR count). The molecule has 0 N–H and O–H groups in total. The van der Waals surface area contributed by atoms with Crippen LogP contribution < -0.4 is 0 Å². The van der Waals surface area contributed by atoms with Crippen LogP contribution in [0.15, 0.2) is 30.8 Å². The second-order valence-electron chi connectivity index (χ2n) is 6.88. The Bertz CT molecular complexity index is 534. The zero-order valence-electron chi connectivity index (χ0n) is 19.5. The lowest BCUT2D eigenvalue weighted by atomic mass is 10.1. The van der Waals surface area contributed by atoms with E-state index in [0.717, 1.165) is 52.4 Å². The molecule has 0 fully saturated rings. The van der Waals surface area contributed by atoms with E-state index in [1.807, 2.05) is 6.08 Å². The van der Waals surface area contributed by atoms with E-state index in [1.54, 1.807) is 0 Å². The number of benzene rings is 1. The van der Waals surface area contributed by atoms with Crippen LogP contribution in [0.3, 0.4) is 0 Å². The topological polar surface area (TPSA) is 13.0 Å². The Morgan fingerprint density at radius 1 is 0.714 bits per heavy atom. The molecule has 160 valence electrons. The van der Waals surface area contributed by atoms with Gasteiger partial charge in [0.1, 0.15) is 0 Å². The summed E-state index contributed by atoms with van der Waals surface area (Å²) in [6, 6.07) is 8.84. The van der Waals surface area contributed by atoms with E-state index in [1.165, 1.54) is 11.1 Å². The summed E-state index contributed by atoms with van der Waals surface area (Å²) >= 11 is 0. The van der Waals surface area contributed by atoms with Gasteiger partial charge in [-0.15, -0.1) is 18.7 Å². The van der Waals surface area contributed by atoms with Gasteiger partial charge in [-0.2, -0.15) is 0 Å². The Morgan fingerprint density at radius 2 is 1.14 bits per heavy atom. The molecule has 0 aliphatic heterocycles. The Hall–Kier alpha value is -0.770. The van der Waals surface area contributed by atoms with E-state index in [9.17, 15) is 0 Å². The SMILES string of the molecule is C=Cc1cccc(CN(CC)[P+](N(CC)CC)(N(CC)CC)N(CC)CC)c1. The van der Waals surface area contributed by atoms with E-state index in [4.69, 9.17) is 0 Å². The van der Waals surface area contributed by atoms with Gasteiger partial charge in [-0.1, -0.05) is 36.9 Å². The second-order valence-corrected chi connectivity index (χ2v) is 10.2. The van der Waals surface area contributed by atoms with Crippen LogP contribution in [0, 0.1) is 0 Å². The van der Waals surface area contributed by atoms with Crippen molar-refractivity contribution in [1.82, 2.24) is 18.7 Å². The number of hydrogen-bond acceptors (Lipinski definition) is 4. The van der Waals surface area contributed by atoms with E-state index >= 15 is 0 Å². The summed E-state index contributed by atoms with van der Waals surface area (Å²) < 4.78 is 11.0. The lowest BCUT2D eigenvalue weighted by Gasteiger charge is -2.50. The van der Waals surface area contributed by atoms with Crippen molar-refractivity contribution in [1.29, 1.82) is 0 Å². The van der Waals surface area contributed by atoms with Gasteiger partial charge >= 0.3 is 7.87 Å². The summed E-state index contributed by atoms with van der Waals surface area (Å²) in [4.78, 5) is 0. The zero-order chi connectivity index (χ0) is 21.2. The lowest BCUT2D eigenvalue weighted by Crippen LogP contribution is -2.52. The molecule has 0 unspecified atom stereocenters. The van der Waals surface area contributed by atoms with Crippen LogP contribution in [-0.2, 0) is 6.54 Å². The fourth-order valence-electron chi connectivity index (χ4n) is 4.31. The van der Waals surface area contributed by atoms with Gasteiger partial charge in [0.15, 0.2) is 0 Å². The minimum absolute atomic E-state index is 0.968. The summed E-state index contributed by atoms with van der Waals surface area (Å²) in [7, 11) is -1.82. The summed E-state index contributed by atoms with van der Waals surface area (Å²) in [5.74, 6) is 0.